The molecule has 2 heterocycles. The number of Topliss-reactive ketones (excluding diaryl/α,β-unsaturated/α-hetero) is 1. The zero-order valence-electron chi connectivity index (χ0n) is 27.8. The Balaban J connectivity index is 1.26. The monoisotopic (exact) mass is 641 g/mol. The normalized spacial score (nSPS) is 25.4. The van der Waals surface area contributed by atoms with Crippen molar-refractivity contribution in [3.8, 4) is 0 Å². The summed E-state index contributed by atoms with van der Waals surface area (Å²) in [7, 11) is 1.60. The van der Waals surface area contributed by atoms with Crippen molar-refractivity contribution in [2.75, 3.05) is 40.1 Å². The van der Waals surface area contributed by atoms with Crippen LogP contribution < -0.4 is 0 Å². The molecule has 4 atom stereocenters. The molecule has 0 radical (unpaired) electrons. The summed E-state index contributed by atoms with van der Waals surface area (Å²) in [6.07, 6.45) is 10.0. The first-order chi connectivity index (χ1) is 22.3. The lowest BCUT2D eigenvalue weighted by Gasteiger charge is -2.37. The van der Waals surface area contributed by atoms with Gasteiger partial charge >= 0.3 is 5.97 Å². The average molecular weight is 642 g/mol. The van der Waals surface area contributed by atoms with Gasteiger partial charge < -0.3 is 23.5 Å². The maximum Gasteiger partial charge on any atom is 0.374 e. The lowest BCUT2D eigenvalue weighted by molar-refractivity contribution is -0.143. The molecule has 1 saturated heterocycles. The number of nitrogens with zero attached hydrogens (tertiary/aromatic N) is 1. The van der Waals surface area contributed by atoms with Crippen LogP contribution in [-0.2, 0) is 30.2 Å². The summed E-state index contributed by atoms with van der Waals surface area (Å²) >= 11 is 0. The fraction of sp³-hybridized carbons (Fsp3) is 0.703. The van der Waals surface area contributed by atoms with E-state index in [1.807, 2.05) is 30.9 Å². The number of halogens is 1. The van der Waals surface area contributed by atoms with Crippen LogP contribution in [0, 0.1) is 29.6 Å². The third kappa shape index (κ3) is 8.38. The van der Waals surface area contributed by atoms with Crippen molar-refractivity contribution in [3.05, 3.63) is 35.6 Å². The fourth-order valence-corrected chi connectivity index (χ4v) is 8.08. The SMILES string of the molecule is COCCO[C@H](C)COC(=O)c1cc2cc(CC(=O)[C@@H]3[C@H](C4CCCCC4)CCN3C(=O)C3CCC([C@H](C)CF)CC3)ccc2o1. The number of hydrogen-bond acceptors (Lipinski definition) is 7. The highest BCUT2D eigenvalue weighted by molar-refractivity contribution is 5.94. The molecule has 0 N–H and O–H groups in total. The molecule has 1 aromatic heterocycles. The number of fused-ring (bicyclic) bond motifs is 1. The number of hydrogen-bond donors (Lipinski definition) is 0. The van der Waals surface area contributed by atoms with E-state index in [4.69, 9.17) is 18.6 Å². The number of ether oxygens (including phenoxy) is 3. The second kappa shape index (κ2) is 16.4. The first kappa shape index (κ1) is 34.6. The molecule has 2 saturated carbocycles. The van der Waals surface area contributed by atoms with Gasteiger partial charge in [-0.3, -0.25) is 14.0 Å². The summed E-state index contributed by atoms with van der Waals surface area (Å²) < 4.78 is 35.0. The minimum absolute atomic E-state index is 0.0386. The van der Waals surface area contributed by atoms with Crippen LogP contribution in [0.2, 0.25) is 0 Å². The van der Waals surface area contributed by atoms with Crippen molar-refractivity contribution >= 4 is 28.6 Å². The van der Waals surface area contributed by atoms with Gasteiger partial charge in [0.25, 0.3) is 0 Å². The molecule has 254 valence electrons. The van der Waals surface area contributed by atoms with Crippen molar-refractivity contribution < 1.29 is 37.4 Å². The summed E-state index contributed by atoms with van der Waals surface area (Å²) in [5.74, 6) is 0.701. The number of alkyl halides is 1. The zero-order valence-corrected chi connectivity index (χ0v) is 27.8. The molecule has 46 heavy (non-hydrogen) atoms. The Kier molecular flexibility index (Phi) is 12.3. The van der Waals surface area contributed by atoms with Gasteiger partial charge in [-0.05, 0) is 86.5 Å². The van der Waals surface area contributed by atoms with Crippen molar-refractivity contribution in [1.82, 2.24) is 4.90 Å². The van der Waals surface area contributed by atoms with E-state index in [0.29, 0.717) is 37.2 Å². The molecule has 2 aromatic rings. The van der Waals surface area contributed by atoms with Gasteiger partial charge in [-0.1, -0.05) is 45.1 Å². The van der Waals surface area contributed by atoms with Gasteiger partial charge in [0, 0.05) is 31.4 Å². The molecule has 3 aliphatic rings. The van der Waals surface area contributed by atoms with Gasteiger partial charge in [0.15, 0.2) is 5.78 Å². The van der Waals surface area contributed by atoms with Crippen molar-refractivity contribution in [2.24, 2.45) is 29.6 Å². The van der Waals surface area contributed by atoms with E-state index in [2.05, 4.69) is 0 Å². The van der Waals surface area contributed by atoms with E-state index >= 15 is 0 Å². The summed E-state index contributed by atoms with van der Waals surface area (Å²) in [4.78, 5) is 42.8. The van der Waals surface area contributed by atoms with Crippen molar-refractivity contribution in [3.63, 3.8) is 0 Å². The third-order valence-electron chi connectivity index (χ3n) is 10.8. The lowest BCUT2D eigenvalue weighted by atomic mass is 9.74. The zero-order chi connectivity index (χ0) is 32.6. The molecular formula is C37H52FNO7. The average Bonchev–Trinajstić information content (AvgIpc) is 3.72. The summed E-state index contributed by atoms with van der Waals surface area (Å²) in [5.41, 5.74) is 1.38. The maximum atomic E-state index is 14.2. The van der Waals surface area contributed by atoms with Gasteiger partial charge in [-0.15, -0.1) is 0 Å². The van der Waals surface area contributed by atoms with E-state index in [9.17, 15) is 18.8 Å². The largest absolute Gasteiger partial charge is 0.457 e. The molecule has 1 aliphatic heterocycles. The van der Waals surface area contributed by atoms with Crippen LogP contribution in [0.3, 0.4) is 0 Å². The third-order valence-corrected chi connectivity index (χ3v) is 10.8. The molecule has 0 spiro atoms. The number of amides is 1. The van der Waals surface area contributed by atoms with Gasteiger partial charge in [-0.2, -0.15) is 0 Å². The quantitative estimate of drug-likeness (QED) is 0.163. The van der Waals surface area contributed by atoms with Gasteiger partial charge in [0.1, 0.15) is 12.2 Å². The molecule has 2 aliphatic carbocycles. The van der Waals surface area contributed by atoms with Gasteiger partial charge in [0.05, 0.1) is 32.0 Å². The Labute approximate surface area is 272 Å². The number of benzene rings is 1. The molecule has 1 aromatic carbocycles. The van der Waals surface area contributed by atoms with E-state index < -0.39 is 12.0 Å². The number of carbonyl (C=O) groups excluding carboxylic acids is 3. The maximum absolute atomic E-state index is 14.2. The lowest BCUT2D eigenvalue weighted by Crippen LogP contribution is -2.48. The highest BCUT2D eigenvalue weighted by Gasteiger charge is 2.46. The number of furan rings is 1. The van der Waals surface area contributed by atoms with Crippen molar-refractivity contribution in [1.29, 1.82) is 0 Å². The highest BCUT2D eigenvalue weighted by atomic mass is 19.1. The number of rotatable bonds is 14. The Morgan fingerprint density at radius 3 is 2.46 bits per heavy atom. The van der Waals surface area contributed by atoms with Gasteiger partial charge in [0.2, 0.25) is 11.7 Å². The van der Waals surface area contributed by atoms with Crippen LogP contribution in [-0.4, -0.2) is 74.9 Å². The molecule has 9 heteroatoms. The van der Waals surface area contributed by atoms with E-state index in [1.165, 1.54) is 19.3 Å². The summed E-state index contributed by atoms with van der Waals surface area (Å²) in [5, 5.41) is 0.726. The molecule has 0 bridgehead atoms. The van der Waals surface area contributed by atoms with E-state index in [-0.39, 0.29) is 61.0 Å². The second-order valence-electron chi connectivity index (χ2n) is 14.0. The molecule has 3 fully saturated rings. The number of ketones is 1. The number of methoxy groups -OCH3 is 1. The van der Waals surface area contributed by atoms with Crippen molar-refractivity contribution in [2.45, 2.75) is 96.6 Å². The van der Waals surface area contributed by atoms with Crippen LogP contribution in [0.25, 0.3) is 11.0 Å². The topological polar surface area (TPSA) is 95.3 Å². The highest BCUT2D eigenvalue weighted by Crippen LogP contribution is 2.42. The minimum atomic E-state index is -0.570. The standard InChI is InChI=1S/C37H52FNO7/c1-24(22-38)27-10-12-29(13-11-27)36(41)39-16-15-31(28-7-5-4-6-8-28)35(39)32(40)20-26-9-14-33-30(19-26)21-34(46-33)37(42)45-23-25(2)44-18-17-43-3/h9,14,19,21,24-25,27-29,31,35H,4-8,10-13,15-18,20,22-23H2,1-3H3/t24-,25-,27?,29?,31+,35+/m1/s1. The number of esters is 1. The molecule has 1 amide bonds. The van der Waals surface area contributed by atoms with Crippen LogP contribution in [0.4, 0.5) is 4.39 Å². The Bertz CT molecular complexity index is 1310. The second-order valence-corrected chi connectivity index (χ2v) is 14.0. The molecule has 5 rings (SSSR count). The summed E-state index contributed by atoms with van der Waals surface area (Å²) in [6, 6.07) is 6.80. The predicted molar refractivity (Wildman–Crippen MR) is 173 cm³/mol. The molecule has 0 unspecified atom stereocenters. The molecular weight excluding hydrogens is 589 g/mol. The van der Waals surface area contributed by atoms with E-state index in [1.54, 1.807) is 19.2 Å². The predicted octanol–water partition coefficient (Wildman–Crippen LogP) is 6.96. The van der Waals surface area contributed by atoms with Crippen LogP contribution >= 0.6 is 0 Å². The van der Waals surface area contributed by atoms with E-state index in [0.717, 1.165) is 55.9 Å². The van der Waals surface area contributed by atoms with Crippen LogP contribution in [0.15, 0.2) is 28.7 Å². The number of carbonyl (C=O) groups is 3. The van der Waals surface area contributed by atoms with Crippen LogP contribution in [0.1, 0.15) is 94.2 Å². The minimum Gasteiger partial charge on any atom is -0.457 e. The smallest absolute Gasteiger partial charge is 0.374 e. The number of likely N-dealkylation sites (tertiary alicyclic amines) is 1. The Morgan fingerprint density at radius 2 is 1.74 bits per heavy atom. The van der Waals surface area contributed by atoms with Gasteiger partial charge in [-0.25, -0.2) is 4.79 Å². The first-order valence-electron chi connectivity index (χ1n) is 17.5. The molecule has 8 nitrogen and oxygen atoms in total. The first-order valence-corrected chi connectivity index (χ1v) is 17.5. The Morgan fingerprint density at radius 1 is 0.978 bits per heavy atom. The fourth-order valence-electron chi connectivity index (χ4n) is 8.08. The Hall–Kier alpha value is -2.78. The summed E-state index contributed by atoms with van der Waals surface area (Å²) in [6.45, 7) is 5.09. The van der Waals surface area contributed by atoms with Crippen LogP contribution in [0.5, 0.6) is 0 Å².